The fourth-order valence-electron chi connectivity index (χ4n) is 2.73. The predicted molar refractivity (Wildman–Crippen MR) is 78.0 cm³/mol. The zero-order valence-corrected chi connectivity index (χ0v) is 12.7. The highest BCUT2D eigenvalue weighted by atomic mass is 16.5. The van der Waals surface area contributed by atoms with E-state index in [0.717, 1.165) is 38.5 Å². The van der Waals surface area contributed by atoms with Crippen LogP contribution in [0.15, 0.2) is 0 Å². The number of carbonyl (C=O) groups is 2. The quantitative estimate of drug-likeness (QED) is 0.698. The molecule has 5 nitrogen and oxygen atoms in total. The summed E-state index contributed by atoms with van der Waals surface area (Å²) in [6, 6.07) is 0.137. The Bertz CT molecular complexity index is 312. The lowest BCUT2D eigenvalue weighted by atomic mass is 9.86. The van der Waals surface area contributed by atoms with Crippen LogP contribution < -0.4 is 11.1 Å². The fourth-order valence-corrected chi connectivity index (χ4v) is 2.73. The van der Waals surface area contributed by atoms with E-state index in [0.29, 0.717) is 13.0 Å². The van der Waals surface area contributed by atoms with E-state index in [-0.39, 0.29) is 29.9 Å². The molecule has 0 spiro atoms. The van der Waals surface area contributed by atoms with Crippen LogP contribution in [0.4, 0.5) is 0 Å². The van der Waals surface area contributed by atoms with Gasteiger partial charge in [0.05, 0.1) is 12.5 Å². The molecule has 1 unspecified atom stereocenters. The molecule has 0 bridgehead atoms. The Morgan fingerprint density at radius 3 is 2.45 bits per heavy atom. The van der Waals surface area contributed by atoms with Crippen LogP contribution in [0.5, 0.6) is 0 Å². The Balaban J connectivity index is 2.25. The van der Waals surface area contributed by atoms with Crippen molar-refractivity contribution in [2.75, 3.05) is 6.61 Å². The number of nitrogens with two attached hydrogens (primary N) is 1. The first kappa shape index (κ1) is 17.0. The smallest absolute Gasteiger partial charge is 0.308 e. The third-order valence-corrected chi connectivity index (χ3v) is 3.82. The average Bonchev–Trinajstić information content (AvgIpc) is 2.39. The van der Waals surface area contributed by atoms with Crippen molar-refractivity contribution in [2.45, 2.75) is 70.9 Å². The molecule has 0 saturated heterocycles. The standard InChI is InChI=1S/C15H28N2O3/c1-3-5-12(16)10-14(18)17-13-8-6-11(7-9-13)15(19)20-4-2/h11-13H,3-10,16H2,1-2H3,(H,17,18). The monoisotopic (exact) mass is 284 g/mol. The van der Waals surface area contributed by atoms with Crippen LogP contribution in [0.25, 0.3) is 0 Å². The van der Waals surface area contributed by atoms with Gasteiger partial charge in [-0.3, -0.25) is 9.59 Å². The van der Waals surface area contributed by atoms with Crippen LogP contribution >= 0.6 is 0 Å². The molecule has 1 rings (SSSR count). The van der Waals surface area contributed by atoms with Crippen molar-refractivity contribution < 1.29 is 14.3 Å². The van der Waals surface area contributed by atoms with Crippen molar-refractivity contribution in [3.8, 4) is 0 Å². The summed E-state index contributed by atoms with van der Waals surface area (Å²) in [7, 11) is 0. The Labute approximate surface area is 121 Å². The second kappa shape index (κ2) is 8.95. The van der Waals surface area contributed by atoms with Gasteiger partial charge in [0.25, 0.3) is 0 Å². The first-order chi connectivity index (χ1) is 9.56. The molecule has 0 aromatic rings. The average molecular weight is 284 g/mol. The molecule has 1 saturated carbocycles. The van der Waals surface area contributed by atoms with E-state index >= 15 is 0 Å². The summed E-state index contributed by atoms with van der Waals surface area (Å²) in [5.74, 6) is -0.0572. The summed E-state index contributed by atoms with van der Waals surface area (Å²) in [5, 5.41) is 3.03. The summed E-state index contributed by atoms with van der Waals surface area (Å²) < 4.78 is 5.03. The first-order valence-corrected chi connectivity index (χ1v) is 7.78. The molecule has 3 N–H and O–H groups in total. The molecular formula is C15H28N2O3. The minimum atomic E-state index is -0.0951. The molecular weight excluding hydrogens is 256 g/mol. The van der Waals surface area contributed by atoms with Gasteiger partial charge in [0.1, 0.15) is 0 Å². The normalized spacial score (nSPS) is 23.9. The van der Waals surface area contributed by atoms with Gasteiger partial charge in [0.15, 0.2) is 0 Å². The Kier molecular flexibility index (Phi) is 7.59. The Hall–Kier alpha value is -1.10. The maximum absolute atomic E-state index is 11.8. The van der Waals surface area contributed by atoms with Gasteiger partial charge < -0.3 is 15.8 Å². The van der Waals surface area contributed by atoms with Gasteiger partial charge in [-0.1, -0.05) is 13.3 Å². The number of hydrogen-bond donors (Lipinski definition) is 2. The molecule has 0 radical (unpaired) electrons. The van der Waals surface area contributed by atoms with Crippen LogP contribution in [0, 0.1) is 5.92 Å². The molecule has 20 heavy (non-hydrogen) atoms. The highest BCUT2D eigenvalue weighted by Gasteiger charge is 2.28. The van der Waals surface area contributed by atoms with Crippen molar-refractivity contribution in [3.05, 3.63) is 0 Å². The summed E-state index contributed by atoms with van der Waals surface area (Å²) in [4.78, 5) is 23.4. The maximum Gasteiger partial charge on any atom is 0.308 e. The first-order valence-electron chi connectivity index (χ1n) is 7.78. The van der Waals surface area contributed by atoms with Crippen molar-refractivity contribution in [2.24, 2.45) is 11.7 Å². The highest BCUT2D eigenvalue weighted by Crippen LogP contribution is 2.25. The van der Waals surface area contributed by atoms with Crippen molar-refractivity contribution >= 4 is 11.9 Å². The molecule has 1 atom stereocenters. The molecule has 116 valence electrons. The lowest BCUT2D eigenvalue weighted by Gasteiger charge is -2.28. The third-order valence-electron chi connectivity index (χ3n) is 3.82. The number of carbonyl (C=O) groups excluding carboxylic acids is 2. The highest BCUT2D eigenvalue weighted by molar-refractivity contribution is 5.77. The van der Waals surface area contributed by atoms with Gasteiger partial charge in [-0.2, -0.15) is 0 Å². The van der Waals surface area contributed by atoms with Crippen molar-refractivity contribution in [1.29, 1.82) is 0 Å². The SMILES string of the molecule is CCCC(N)CC(=O)NC1CCC(C(=O)OCC)CC1. The van der Waals surface area contributed by atoms with E-state index in [1.54, 1.807) is 0 Å². The van der Waals surface area contributed by atoms with Gasteiger partial charge in [0.2, 0.25) is 5.91 Å². The molecule has 1 amide bonds. The largest absolute Gasteiger partial charge is 0.466 e. The third kappa shape index (κ3) is 5.90. The lowest BCUT2D eigenvalue weighted by Crippen LogP contribution is -2.41. The summed E-state index contributed by atoms with van der Waals surface area (Å²) in [5.41, 5.74) is 5.86. The molecule has 1 aliphatic rings. The van der Waals surface area contributed by atoms with Gasteiger partial charge in [-0.15, -0.1) is 0 Å². The van der Waals surface area contributed by atoms with E-state index in [1.165, 1.54) is 0 Å². The minimum absolute atomic E-state index is 0.00505. The zero-order chi connectivity index (χ0) is 15.0. The number of esters is 1. The van der Waals surface area contributed by atoms with Gasteiger partial charge in [0, 0.05) is 18.5 Å². The number of amides is 1. The van der Waals surface area contributed by atoms with Gasteiger partial charge in [-0.05, 0) is 39.0 Å². The second-order valence-corrected chi connectivity index (χ2v) is 5.62. The van der Waals surface area contributed by atoms with Gasteiger partial charge >= 0.3 is 5.97 Å². The van der Waals surface area contributed by atoms with Crippen LogP contribution in [-0.4, -0.2) is 30.6 Å². The summed E-state index contributed by atoms with van der Waals surface area (Å²) in [6.07, 6.45) is 5.56. The molecule has 0 aromatic carbocycles. The van der Waals surface area contributed by atoms with E-state index in [9.17, 15) is 9.59 Å². The van der Waals surface area contributed by atoms with Crippen molar-refractivity contribution in [1.82, 2.24) is 5.32 Å². The van der Waals surface area contributed by atoms with E-state index in [1.807, 2.05) is 6.92 Å². The fraction of sp³-hybridized carbons (Fsp3) is 0.867. The zero-order valence-electron chi connectivity index (χ0n) is 12.7. The second-order valence-electron chi connectivity index (χ2n) is 5.62. The van der Waals surface area contributed by atoms with E-state index in [2.05, 4.69) is 12.2 Å². The molecule has 1 fully saturated rings. The van der Waals surface area contributed by atoms with Crippen LogP contribution in [0.2, 0.25) is 0 Å². The number of ether oxygens (including phenoxy) is 1. The van der Waals surface area contributed by atoms with Crippen LogP contribution in [-0.2, 0) is 14.3 Å². The van der Waals surface area contributed by atoms with Gasteiger partial charge in [-0.25, -0.2) is 0 Å². The van der Waals surface area contributed by atoms with E-state index in [4.69, 9.17) is 10.5 Å². The summed E-state index contributed by atoms with van der Waals surface area (Å²) in [6.45, 7) is 4.32. The molecule has 1 aliphatic carbocycles. The Morgan fingerprint density at radius 2 is 1.90 bits per heavy atom. The molecule has 0 aliphatic heterocycles. The van der Waals surface area contributed by atoms with Crippen LogP contribution in [0.3, 0.4) is 0 Å². The summed E-state index contributed by atoms with van der Waals surface area (Å²) >= 11 is 0. The van der Waals surface area contributed by atoms with Crippen molar-refractivity contribution in [3.63, 3.8) is 0 Å². The molecule has 5 heteroatoms. The Morgan fingerprint density at radius 1 is 1.25 bits per heavy atom. The molecule has 0 aromatic heterocycles. The number of rotatable bonds is 7. The van der Waals surface area contributed by atoms with Crippen LogP contribution in [0.1, 0.15) is 58.8 Å². The predicted octanol–water partition coefficient (Wildman–Crippen LogP) is 1.74. The number of hydrogen-bond acceptors (Lipinski definition) is 4. The molecule has 0 heterocycles. The van der Waals surface area contributed by atoms with E-state index < -0.39 is 0 Å². The lowest BCUT2D eigenvalue weighted by molar-refractivity contribution is -0.149. The maximum atomic E-state index is 11.8. The topological polar surface area (TPSA) is 81.4 Å². The minimum Gasteiger partial charge on any atom is -0.466 e. The number of nitrogens with one attached hydrogen (secondary N) is 1.